The number of carbonyl (C=O) groups is 2. The zero-order valence-electron chi connectivity index (χ0n) is 15.6. The maximum atomic E-state index is 13.1. The highest BCUT2D eigenvalue weighted by Gasteiger charge is 2.35. The predicted molar refractivity (Wildman–Crippen MR) is 108 cm³/mol. The van der Waals surface area contributed by atoms with Crippen LogP contribution in [0.2, 0.25) is 0 Å². The molecule has 3 aromatic rings. The van der Waals surface area contributed by atoms with E-state index in [0.29, 0.717) is 18.7 Å². The summed E-state index contributed by atoms with van der Waals surface area (Å²) in [7, 11) is 0. The smallest absolute Gasteiger partial charge is 0.254 e. The minimum Gasteiger partial charge on any atom is -0.325 e. The van der Waals surface area contributed by atoms with Crippen molar-refractivity contribution in [3.8, 4) is 0 Å². The van der Waals surface area contributed by atoms with Gasteiger partial charge in [-0.05, 0) is 37.4 Å². The molecule has 0 N–H and O–H groups in total. The van der Waals surface area contributed by atoms with Gasteiger partial charge in [0, 0.05) is 24.0 Å². The standard InChI is InChI=1S/C23H22N2O2/c1-16-10-12-19(13-11-16)23(27)24-14-15-25(22(26)17(24)2)21-9-5-7-18-6-3-4-8-20(18)21/h3-13,17H,14-15H2,1-2H3/t17-/m1/s1. The van der Waals surface area contributed by atoms with E-state index in [1.807, 2.05) is 85.5 Å². The Morgan fingerprint density at radius 3 is 2.41 bits per heavy atom. The number of fused-ring (bicyclic) bond motifs is 1. The minimum atomic E-state index is -0.494. The van der Waals surface area contributed by atoms with E-state index in [1.54, 1.807) is 4.90 Å². The third-order valence-corrected chi connectivity index (χ3v) is 5.27. The van der Waals surface area contributed by atoms with E-state index in [4.69, 9.17) is 0 Å². The van der Waals surface area contributed by atoms with E-state index in [1.165, 1.54) is 0 Å². The molecule has 4 rings (SSSR count). The Morgan fingerprint density at radius 1 is 0.926 bits per heavy atom. The SMILES string of the molecule is Cc1ccc(C(=O)N2CCN(c3cccc4ccccc34)C(=O)[C@H]2C)cc1. The van der Waals surface area contributed by atoms with Gasteiger partial charge >= 0.3 is 0 Å². The number of amides is 2. The quantitative estimate of drug-likeness (QED) is 0.694. The molecule has 4 nitrogen and oxygen atoms in total. The van der Waals surface area contributed by atoms with E-state index in [2.05, 4.69) is 0 Å². The van der Waals surface area contributed by atoms with E-state index >= 15 is 0 Å². The molecule has 1 atom stereocenters. The van der Waals surface area contributed by atoms with Crippen molar-refractivity contribution < 1.29 is 9.59 Å². The Labute approximate surface area is 159 Å². The molecule has 0 saturated carbocycles. The van der Waals surface area contributed by atoms with Crippen molar-refractivity contribution in [1.82, 2.24) is 4.90 Å². The molecule has 27 heavy (non-hydrogen) atoms. The predicted octanol–water partition coefficient (Wildman–Crippen LogP) is 4.03. The summed E-state index contributed by atoms with van der Waals surface area (Å²) >= 11 is 0. The highest BCUT2D eigenvalue weighted by molar-refractivity contribution is 6.08. The largest absolute Gasteiger partial charge is 0.325 e. The second-order valence-corrected chi connectivity index (χ2v) is 7.03. The number of anilines is 1. The first-order valence-electron chi connectivity index (χ1n) is 9.23. The third-order valence-electron chi connectivity index (χ3n) is 5.27. The molecule has 0 aliphatic carbocycles. The Morgan fingerprint density at radius 2 is 1.63 bits per heavy atom. The number of benzene rings is 3. The maximum Gasteiger partial charge on any atom is 0.254 e. The Bertz CT molecular complexity index is 1010. The summed E-state index contributed by atoms with van der Waals surface area (Å²) in [6.45, 7) is 4.81. The number of hydrogen-bond acceptors (Lipinski definition) is 2. The maximum absolute atomic E-state index is 13.1. The molecular weight excluding hydrogens is 336 g/mol. The van der Waals surface area contributed by atoms with Crippen LogP contribution < -0.4 is 4.90 Å². The van der Waals surface area contributed by atoms with Gasteiger partial charge in [0.25, 0.3) is 5.91 Å². The molecule has 1 heterocycles. The van der Waals surface area contributed by atoms with Crippen LogP contribution in [0.15, 0.2) is 66.7 Å². The van der Waals surface area contributed by atoms with Gasteiger partial charge in [-0.25, -0.2) is 0 Å². The lowest BCUT2D eigenvalue weighted by atomic mass is 10.0. The van der Waals surface area contributed by atoms with Gasteiger partial charge in [-0.2, -0.15) is 0 Å². The Hall–Kier alpha value is -3.14. The van der Waals surface area contributed by atoms with Crippen LogP contribution in [0.4, 0.5) is 5.69 Å². The van der Waals surface area contributed by atoms with Crippen LogP contribution in [0.1, 0.15) is 22.8 Å². The van der Waals surface area contributed by atoms with Gasteiger partial charge in [0.1, 0.15) is 6.04 Å². The Kier molecular flexibility index (Phi) is 4.40. The fraction of sp³-hybridized carbons (Fsp3) is 0.217. The molecule has 0 radical (unpaired) electrons. The monoisotopic (exact) mass is 358 g/mol. The van der Waals surface area contributed by atoms with Crippen LogP contribution >= 0.6 is 0 Å². The number of carbonyl (C=O) groups excluding carboxylic acids is 2. The molecule has 1 saturated heterocycles. The summed E-state index contributed by atoms with van der Waals surface area (Å²) in [5.41, 5.74) is 2.64. The molecule has 2 amide bonds. The number of piperazine rings is 1. The first-order valence-corrected chi connectivity index (χ1v) is 9.23. The van der Waals surface area contributed by atoms with Crippen molar-refractivity contribution >= 4 is 28.3 Å². The van der Waals surface area contributed by atoms with E-state index < -0.39 is 6.04 Å². The normalized spacial score (nSPS) is 17.4. The fourth-order valence-corrected chi connectivity index (χ4v) is 3.69. The zero-order valence-corrected chi connectivity index (χ0v) is 15.6. The van der Waals surface area contributed by atoms with Crippen molar-refractivity contribution in [3.63, 3.8) is 0 Å². The zero-order chi connectivity index (χ0) is 19.0. The first-order chi connectivity index (χ1) is 13.1. The topological polar surface area (TPSA) is 40.6 Å². The van der Waals surface area contributed by atoms with E-state index in [9.17, 15) is 9.59 Å². The van der Waals surface area contributed by atoms with E-state index in [-0.39, 0.29) is 11.8 Å². The molecule has 4 heteroatoms. The third kappa shape index (κ3) is 3.08. The van der Waals surface area contributed by atoms with Gasteiger partial charge < -0.3 is 9.80 Å². The summed E-state index contributed by atoms with van der Waals surface area (Å²) < 4.78 is 0. The van der Waals surface area contributed by atoms with Gasteiger partial charge in [-0.15, -0.1) is 0 Å². The van der Waals surface area contributed by atoms with Gasteiger partial charge in [-0.1, -0.05) is 54.1 Å². The lowest BCUT2D eigenvalue weighted by molar-refractivity contribution is -0.124. The average Bonchev–Trinajstić information content (AvgIpc) is 2.70. The minimum absolute atomic E-state index is 0.0435. The first kappa shape index (κ1) is 17.3. The van der Waals surface area contributed by atoms with Crippen LogP contribution in [0.25, 0.3) is 10.8 Å². The van der Waals surface area contributed by atoms with Gasteiger partial charge in [0.15, 0.2) is 0 Å². The second kappa shape index (κ2) is 6.88. The molecule has 3 aromatic carbocycles. The Balaban J connectivity index is 1.61. The van der Waals surface area contributed by atoms with Crippen LogP contribution in [-0.2, 0) is 4.79 Å². The highest BCUT2D eigenvalue weighted by Crippen LogP contribution is 2.29. The molecular formula is C23H22N2O2. The molecule has 1 aliphatic heterocycles. The molecule has 1 aliphatic rings. The van der Waals surface area contributed by atoms with Crippen LogP contribution in [0.3, 0.4) is 0 Å². The summed E-state index contributed by atoms with van der Waals surface area (Å²) in [5, 5.41) is 2.16. The average molecular weight is 358 g/mol. The summed E-state index contributed by atoms with van der Waals surface area (Å²) in [6, 6.07) is 21.1. The lowest BCUT2D eigenvalue weighted by Crippen LogP contribution is -2.57. The molecule has 136 valence electrons. The fourth-order valence-electron chi connectivity index (χ4n) is 3.69. The van der Waals surface area contributed by atoms with Crippen molar-refractivity contribution in [1.29, 1.82) is 0 Å². The van der Waals surface area contributed by atoms with Crippen molar-refractivity contribution in [3.05, 3.63) is 77.9 Å². The highest BCUT2D eigenvalue weighted by atomic mass is 16.2. The van der Waals surface area contributed by atoms with Crippen LogP contribution in [0.5, 0.6) is 0 Å². The molecule has 0 spiro atoms. The van der Waals surface area contributed by atoms with Gasteiger partial charge in [0.05, 0.1) is 5.69 Å². The molecule has 0 bridgehead atoms. The number of hydrogen-bond donors (Lipinski definition) is 0. The van der Waals surface area contributed by atoms with E-state index in [0.717, 1.165) is 22.0 Å². The molecule has 1 fully saturated rings. The summed E-state index contributed by atoms with van der Waals surface area (Å²) in [4.78, 5) is 29.5. The van der Waals surface area contributed by atoms with Crippen molar-refractivity contribution in [2.75, 3.05) is 18.0 Å². The number of rotatable bonds is 2. The summed E-state index contributed by atoms with van der Waals surface area (Å²) in [5.74, 6) is -0.133. The van der Waals surface area contributed by atoms with Crippen LogP contribution in [-0.4, -0.2) is 35.8 Å². The molecule has 0 unspecified atom stereocenters. The van der Waals surface area contributed by atoms with Crippen molar-refractivity contribution in [2.45, 2.75) is 19.9 Å². The second-order valence-electron chi connectivity index (χ2n) is 7.03. The van der Waals surface area contributed by atoms with Gasteiger partial charge in [0.2, 0.25) is 5.91 Å². The van der Waals surface area contributed by atoms with Gasteiger partial charge in [-0.3, -0.25) is 9.59 Å². The number of nitrogens with zero attached hydrogens (tertiary/aromatic N) is 2. The molecule has 0 aromatic heterocycles. The van der Waals surface area contributed by atoms with Crippen LogP contribution in [0, 0.1) is 6.92 Å². The summed E-state index contributed by atoms with van der Waals surface area (Å²) in [6.07, 6.45) is 0. The lowest BCUT2D eigenvalue weighted by Gasteiger charge is -2.39. The number of aryl methyl sites for hydroxylation is 1. The van der Waals surface area contributed by atoms with Crippen molar-refractivity contribution in [2.24, 2.45) is 0 Å².